The lowest BCUT2D eigenvalue weighted by Crippen LogP contribution is -2.13. The predicted molar refractivity (Wildman–Crippen MR) is 93.5 cm³/mol. The van der Waals surface area contributed by atoms with E-state index in [2.05, 4.69) is 40.5 Å². The second kappa shape index (κ2) is 5.24. The average molecular weight is 334 g/mol. The van der Waals surface area contributed by atoms with E-state index < -0.39 is 0 Å². The van der Waals surface area contributed by atoms with Crippen molar-refractivity contribution < 1.29 is 9.47 Å². The summed E-state index contributed by atoms with van der Waals surface area (Å²) in [7, 11) is 0. The fourth-order valence-corrected chi connectivity index (χ4v) is 3.51. The first-order valence-corrected chi connectivity index (χ1v) is 8.37. The number of aromatic nitrogens is 3. The van der Waals surface area contributed by atoms with Crippen LogP contribution in [0.4, 0.5) is 5.69 Å². The Balaban J connectivity index is 1.54. The van der Waals surface area contributed by atoms with Crippen molar-refractivity contribution in [3.05, 3.63) is 59.2 Å². The average Bonchev–Trinajstić information content (AvgIpc) is 3.30. The molecule has 1 atom stereocenters. The summed E-state index contributed by atoms with van der Waals surface area (Å²) in [4.78, 5) is 4.69. The molecule has 0 unspecified atom stereocenters. The van der Waals surface area contributed by atoms with Gasteiger partial charge < -0.3 is 14.8 Å². The third-order valence-corrected chi connectivity index (χ3v) is 4.66. The zero-order valence-electron chi connectivity index (χ0n) is 14.1. The van der Waals surface area contributed by atoms with E-state index in [1.807, 2.05) is 29.8 Å². The Morgan fingerprint density at radius 1 is 1.08 bits per heavy atom. The standard InChI is InChI=1S/C19H18N4O2/c1-11-3-5-15-13(7-11)8-16(21-15)19-20-12(2)22-23(19)14-4-6-17-18(9-14)25-10-24-17/h3-7,9,16,21H,8,10H2,1-2H3/t16-/m0/s1. The van der Waals surface area contributed by atoms with Crippen LogP contribution in [0.25, 0.3) is 5.69 Å². The van der Waals surface area contributed by atoms with E-state index in [0.29, 0.717) is 0 Å². The minimum absolute atomic E-state index is 0.100. The zero-order chi connectivity index (χ0) is 17.0. The van der Waals surface area contributed by atoms with Gasteiger partial charge in [0.1, 0.15) is 5.82 Å². The Kier molecular flexibility index (Phi) is 3.00. The van der Waals surface area contributed by atoms with E-state index in [9.17, 15) is 0 Å². The monoisotopic (exact) mass is 334 g/mol. The van der Waals surface area contributed by atoms with Crippen molar-refractivity contribution in [2.75, 3.05) is 12.1 Å². The van der Waals surface area contributed by atoms with Gasteiger partial charge in [-0.1, -0.05) is 17.7 Å². The van der Waals surface area contributed by atoms with Gasteiger partial charge in [-0.25, -0.2) is 9.67 Å². The second-order valence-corrected chi connectivity index (χ2v) is 6.53. The number of aryl methyl sites for hydroxylation is 2. The van der Waals surface area contributed by atoms with Crippen LogP contribution in [0.3, 0.4) is 0 Å². The number of fused-ring (bicyclic) bond motifs is 2. The van der Waals surface area contributed by atoms with Crippen molar-refractivity contribution in [1.82, 2.24) is 14.8 Å². The summed E-state index contributed by atoms with van der Waals surface area (Å²) in [5, 5.41) is 8.18. The first-order chi connectivity index (χ1) is 12.2. The quantitative estimate of drug-likeness (QED) is 0.779. The van der Waals surface area contributed by atoms with Gasteiger partial charge in [0.25, 0.3) is 0 Å². The van der Waals surface area contributed by atoms with E-state index in [-0.39, 0.29) is 12.8 Å². The number of rotatable bonds is 2. The molecule has 0 bridgehead atoms. The molecule has 126 valence electrons. The Labute approximate surface area is 145 Å². The van der Waals surface area contributed by atoms with Crippen LogP contribution in [0.1, 0.15) is 28.8 Å². The predicted octanol–water partition coefficient (Wildman–Crippen LogP) is 3.32. The number of ether oxygens (including phenoxy) is 2. The van der Waals surface area contributed by atoms with Gasteiger partial charge in [0.15, 0.2) is 17.3 Å². The van der Waals surface area contributed by atoms with Crippen LogP contribution < -0.4 is 14.8 Å². The van der Waals surface area contributed by atoms with Crippen LogP contribution in [0.5, 0.6) is 11.5 Å². The molecule has 2 aliphatic rings. The molecule has 0 fully saturated rings. The number of hydrogen-bond acceptors (Lipinski definition) is 5. The molecule has 2 aliphatic heterocycles. The summed E-state index contributed by atoms with van der Waals surface area (Å²) in [6, 6.07) is 12.4. The molecule has 3 heterocycles. The maximum Gasteiger partial charge on any atom is 0.231 e. The van der Waals surface area contributed by atoms with E-state index in [1.54, 1.807) is 0 Å². The second-order valence-electron chi connectivity index (χ2n) is 6.53. The maximum atomic E-state index is 5.50. The smallest absolute Gasteiger partial charge is 0.231 e. The summed E-state index contributed by atoms with van der Waals surface area (Å²) >= 11 is 0. The summed E-state index contributed by atoms with van der Waals surface area (Å²) in [6.07, 6.45) is 0.902. The number of hydrogen-bond donors (Lipinski definition) is 1. The van der Waals surface area contributed by atoms with Crippen molar-refractivity contribution in [2.24, 2.45) is 0 Å². The molecular formula is C19H18N4O2. The highest BCUT2D eigenvalue weighted by atomic mass is 16.7. The Morgan fingerprint density at radius 2 is 1.96 bits per heavy atom. The third-order valence-electron chi connectivity index (χ3n) is 4.66. The van der Waals surface area contributed by atoms with Gasteiger partial charge in [-0.3, -0.25) is 0 Å². The minimum Gasteiger partial charge on any atom is -0.454 e. The molecule has 6 heteroatoms. The Morgan fingerprint density at radius 3 is 2.88 bits per heavy atom. The fourth-order valence-electron chi connectivity index (χ4n) is 3.51. The molecular weight excluding hydrogens is 316 g/mol. The van der Waals surface area contributed by atoms with Crippen molar-refractivity contribution in [2.45, 2.75) is 26.3 Å². The van der Waals surface area contributed by atoms with Gasteiger partial charge in [0, 0.05) is 18.2 Å². The van der Waals surface area contributed by atoms with Crippen LogP contribution in [0.2, 0.25) is 0 Å². The van der Waals surface area contributed by atoms with Crippen LogP contribution >= 0.6 is 0 Å². The number of benzene rings is 2. The van der Waals surface area contributed by atoms with Crippen LogP contribution in [0.15, 0.2) is 36.4 Å². The van der Waals surface area contributed by atoms with Gasteiger partial charge in [-0.2, -0.15) is 5.10 Å². The first-order valence-electron chi connectivity index (χ1n) is 8.37. The third kappa shape index (κ3) is 2.33. The summed E-state index contributed by atoms with van der Waals surface area (Å²) in [5.74, 6) is 3.17. The van der Waals surface area contributed by atoms with Gasteiger partial charge in [-0.05, 0) is 37.6 Å². The molecule has 25 heavy (non-hydrogen) atoms. The van der Waals surface area contributed by atoms with Crippen molar-refractivity contribution in [1.29, 1.82) is 0 Å². The van der Waals surface area contributed by atoms with E-state index in [4.69, 9.17) is 9.47 Å². The molecule has 0 saturated carbocycles. The normalized spacial score (nSPS) is 17.4. The largest absolute Gasteiger partial charge is 0.454 e. The Bertz CT molecular complexity index is 980. The fraction of sp³-hybridized carbons (Fsp3) is 0.263. The maximum absolute atomic E-state index is 5.50. The lowest BCUT2D eigenvalue weighted by Gasteiger charge is -2.13. The minimum atomic E-state index is 0.100. The number of anilines is 1. The Hall–Kier alpha value is -3.02. The van der Waals surface area contributed by atoms with Crippen molar-refractivity contribution in [3.8, 4) is 17.2 Å². The van der Waals surface area contributed by atoms with Crippen LogP contribution in [0, 0.1) is 13.8 Å². The molecule has 1 N–H and O–H groups in total. The lowest BCUT2D eigenvalue weighted by molar-refractivity contribution is 0.174. The van der Waals surface area contributed by atoms with Crippen LogP contribution in [-0.4, -0.2) is 21.6 Å². The van der Waals surface area contributed by atoms with Crippen molar-refractivity contribution >= 4 is 5.69 Å². The lowest BCUT2D eigenvalue weighted by atomic mass is 10.1. The highest BCUT2D eigenvalue weighted by Crippen LogP contribution is 2.37. The number of nitrogens with one attached hydrogen (secondary N) is 1. The first kappa shape index (κ1) is 14.3. The number of nitrogens with zero attached hydrogens (tertiary/aromatic N) is 3. The molecule has 5 rings (SSSR count). The zero-order valence-corrected chi connectivity index (χ0v) is 14.1. The summed E-state index contributed by atoms with van der Waals surface area (Å²) in [6.45, 7) is 4.30. The van der Waals surface area contributed by atoms with E-state index in [1.165, 1.54) is 16.8 Å². The van der Waals surface area contributed by atoms with Gasteiger partial charge in [0.05, 0.1) is 11.7 Å². The summed E-state index contributed by atoms with van der Waals surface area (Å²) < 4.78 is 12.8. The van der Waals surface area contributed by atoms with E-state index >= 15 is 0 Å². The SMILES string of the molecule is Cc1ccc2c(c1)C[C@@H](c1nc(C)nn1-c1ccc3c(c1)OCO3)N2. The molecule has 0 amide bonds. The van der Waals surface area contributed by atoms with Gasteiger partial charge in [-0.15, -0.1) is 0 Å². The molecule has 0 saturated heterocycles. The van der Waals surface area contributed by atoms with Crippen molar-refractivity contribution in [3.63, 3.8) is 0 Å². The molecule has 2 aromatic carbocycles. The molecule has 6 nitrogen and oxygen atoms in total. The van der Waals surface area contributed by atoms with E-state index in [0.717, 1.165) is 35.3 Å². The summed E-state index contributed by atoms with van der Waals surface area (Å²) in [5.41, 5.74) is 4.69. The van der Waals surface area contributed by atoms with Gasteiger partial charge in [0.2, 0.25) is 6.79 Å². The molecule has 3 aromatic rings. The topological polar surface area (TPSA) is 61.2 Å². The van der Waals surface area contributed by atoms with Crippen LogP contribution in [-0.2, 0) is 6.42 Å². The highest BCUT2D eigenvalue weighted by Gasteiger charge is 2.27. The van der Waals surface area contributed by atoms with Gasteiger partial charge >= 0.3 is 0 Å². The molecule has 0 spiro atoms. The molecule has 0 aliphatic carbocycles. The molecule has 1 aromatic heterocycles. The highest BCUT2D eigenvalue weighted by molar-refractivity contribution is 5.59. The molecule has 0 radical (unpaired) electrons.